The summed E-state index contributed by atoms with van der Waals surface area (Å²) in [7, 11) is 0. The summed E-state index contributed by atoms with van der Waals surface area (Å²) in [4.78, 5) is 0. The van der Waals surface area contributed by atoms with Crippen LogP contribution >= 0.6 is 0 Å². The van der Waals surface area contributed by atoms with Gasteiger partial charge in [0.1, 0.15) is 0 Å². The van der Waals surface area contributed by atoms with E-state index >= 15 is 0 Å². The van der Waals surface area contributed by atoms with E-state index in [1.165, 1.54) is 0 Å². The molecule has 0 atom stereocenters. The number of hydrogen-bond acceptors (Lipinski definition) is 0. The van der Waals surface area contributed by atoms with Crippen LogP contribution in [0.15, 0.2) is 0 Å². The van der Waals surface area contributed by atoms with E-state index < -0.39 is 0 Å². The first-order valence-electron chi connectivity index (χ1n) is 0. The first-order chi connectivity index (χ1) is 0. The van der Waals surface area contributed by atoms with Crippen molar-refractivity contribution in [2.24, 2.45) is 0 Å². The van der Waals surface area contributed by atoms with Gasteiger partial charge in [0.2, 0.25) is 0 Å². The fraction of sp³-hybridized carbons (Fsp3) is 0. The SMILES string of the molecule is [O-2].[O-2].[O-2].[O-2].[O-2].[Y+3].[Y+3].[Zr+2]. The van der Waals surface area contributed by atoms with Crippen molar-refractivity contribution in [1.82, 2.24) is 0 Å². The maximum Gasteiger partial charge on any atom is 3.00 e. The van der Waals surface area contributed by atoms with E-state index in [0.29, 0.717) is 0 Å². The Morgan fingerprint density at radius 2 is 0.375 bits per heavy atom. The van der Waals surface area contributed by atoms with Gasteiger partial charge in [-0.25, -0.2) is 0 Å². The van der Waals surface area contributed by atoms with Crippen LogP contribution < -0.4 is 0 Å². The van der Waals surface area contributed by atoms with Gasteiger partial charge in [-0.2, -0.15) is 0 Å². The van der Waals surface area contributed by atoms with Gasteiger partial charge >= 0.3 is 91.6 Å². The van der Waals surface area contributed by atoms with Gasteiger partial charge in [-0.3, -0.25) is 0 Å². The van der Waals surface area contributed by atoms with Crippen LogP contribution in [0.1, 0.15) is 0 Å². The van der Waals surface area contributed by atoms with Crippen molar-refractivity contribution in [3.05, 3.63) is 0 Å². The minimum Gasteiger partial charge on any atom is -2.00 e. The molecule has 0 spiro atoms. The average molecular weight is 349 g/mol. The summed E-state index contributed by atoms with van der Waals surface area (Å²) < 4.78 is 0. The van der Waals surface area contributed by atoms with Crippen molar-refractivity contribution < 1.29 is 119 Å². The quantitative estimate of drug-likeness (QED) is 0.550. The van der Waals surface area contributed by atoms with E-state index in [1.54, 1.807) is 0 Å². The molecule has 0 aromatic carbocycles. The van der Waals surface area contributed by atoms with Gasteiger partial charge in [0.25, 0.3) is 0 Å². The predicted octanol–water partition coefficient (Wildman–Crippen LogP) is -0.601. The summed E-state index contributed by atoms with van der Waals surface area (Å²) >= 11 is 0. The molecule has 0 aliphatic heterocycles. The summed E-state index contributed by atoms with van der Waals surface area (Å²) in [5, 5.41) is 0. The second-order valence-electron chi connectivity index (χ2n) is 0. The number of rotatable bonds is 0. The summed E-state index contributed by atoms with van der Waals surface area (Å²) in [6.07, 6.45) is 0. The largest absolute Gasteiger partial charge is 3.00 e. The molecule has 0 saturated carbocycles. The zero-order valence-electron chi connectivity index (χ0n) is 3.70. The molecule has 0 bridgehead atoms. The Labute approximate surface area is 117 Å². The van der Waals surface area contributed by atoms with Crippen LogP contribution in [0.2, 0.25) is 0 Å². The molecule has 42 valence electrons. The van der Waals surface area contributed by atoms with Crippen LogP contribution in [0.5, 0.6) is 0 Å². The second-order valence-corrected chi connectivity index (χ2v) is 0. The van der Waals surface area contributed by atoms with Crippen LogP contribution in [-0.2, 0) is 119 Å². The molecular weight excluding hydrogens is 349 g/mol. The molecule has 0 fully saturated rings. The first kappa shape index (κ1) is 127. The molecule has 0 unspecified atom stereocenters. The van der Waals surface area contributed by atoms with Crippen LogP contribution in [0.3, 0.4) is 0 Å². The molecule has 0 radical (unpaired) electrons. The molecule has 0 aliphatic rings. The minimum atomic E-state index is 0. The Morgan fingerprint density at radius 3 is 0.375 bits per heavy atom. The molecule has 0 saturated heterocycles. The molecule has 8 heavy (non-hydrogen) atoms. The molecule has 0 aromatic heterocycles. The van der Waals surface area contributed by atoms with Crippen molar-refractivity contribution in [2.75, 3.05) is 0 Å². The van der Waals surface area contributed by atoms with Gasteiger partial charge in [0.15, 0.2) is 0 Å². The molecule has 0 heterocycles. The fourth-order valence-electron chi connectivity index (χ4n) is 0. The van der Waals surface area contributed by atoms with Crippen LogP contribution in [-0.4, -0.2) is 0 Å². The molecule has 0 amide bonds. The molecule has 0 rings (SSSR count). The van der Waals surface area contributed by atoms with E-state index in [-0.39, 0.29) is 119 Å². The first-order valence-corrected chi connectivity index (χ1v) is 0. The Kier molecular flexibility index (Phi) is 1490. The van der Waals surface area contributed by atoms with E-state index in [0.717, 1.165) is 0 Å². The zero-order chi connectivity index (χ0) is 0. The average Bonchev–Trinajstić information content (AvgIpc) is 0. The molecule has 5 nitrogen and oxygen atoms in total. The van der Waals surface area contributed by atoms with E-state index in [2.05, 4.69) is 0 Å². The fourth-order valence-corrected chi connectivity index (χ4v) is 0. The van der Waals surface area contributed by atoms with Crippen LogP contribution in [0.25, 0.3) is 0 Å². The minimum absolute atomic E-state index is 0. The van der Waals surface area contributed by atoms with Crippen molar-refractivity contribution in [2.45, 2.75) is 0 Å². The van der Waals surface area contributed by atoms with Crippen LogP contribution in [0.4, 0.5) is 0 Å². The molecule has 8 heteroatoms. The maximum atomic E-state index is 0. The molecule has 0 aromatic rings. The van der Waals surface area contributed by atoms with Crippen molar-refractivity contribution in [3.63, 3.8) is 0 Å². The van der Waals surface area contributed by atoms with Crippen molar-refractivity contribution >= 4 is 0 Å². The topological polar surface area (TPSA) is 142 Å². The van der Waals surface area contributed by atoms with Gasteiger partial charge in [0, 0.05) is 0 Å². The van der Waals surface area contributed by atoms with E-state index in [1.807, 2.05) is 0 Å². The van der Waals surface area contributed by atoms with Gasteiger partial charge in [-0.1, -0.05) is 0 Å². The second kappa shape index (κ2) is 93.6. The standard InChI is InChI=1S/5O.2Y.Zr/q5*-2;2*+3;+2. The third kappa shape index (κ3) is 66.2. The molecular formula is O5Y2Zr-2. The van der Waals surface area contributed by atoms with E-state index in [9.17, 15) is 0 Å². The Bertz CT molecular complexity index is 10.4. The van der Waals surface area contributed by atoms with Crippen molar-refractivity contribution in [3.8, 4) is 0 Å². The summed E-state index contributed by atoms with van der Waals surface area (Å²) in [5.41, 5.74) is 0. The summed E-state index contributed by atoms with van der Waals surface area (Å²) in [5.74, 6) is 0. The Balaban J connectivity index is 0. The van der Waals surface area contributed by atoms with Gasteiger partial charge in [-0.05, 0) is 0 Å². The smallest absolute Gasteiger partial charge is 2.00 e. The summed E-state index contributed by atoms with van der Waals surface area (Å²) in [6.45, 7) is 0. The summed E-state index contributed by atoms with van der Waals surface area (Å²) in [6, 6.07) is 0. The third-order valence-corrected chi connectivity index (χ3v) is 0. The third-order valence-electron chi connectivity index (χ3n) is 0. The van der Waals surface area contributed by atoms with Gasteiger partial charge in [0.05, 0.1) is 0 Å². The van der Waals surface area contributed by atoms with Gasteiger partial charge < -0.3 is 27.4 Å². The Morgan fingerprint density at radius 1 is 0.375 bits per heavy atom. The normalized spacial score (nSPS) is 0. The maximum absolute atomic E-state index is 0. The number of hydrogen-bond donors (Lipinski definition) is 0. The van der Waals surface area contributed by atoms with Gasteiger partial charge in [-0.15, -0.1) is 0 Å². The Hall–Kier alpha value is 2.89. The molecule has 0 aliphatic carbocycles. The molecule has 0 N–H and O–H groups in total. The zero-order valence-corrected chi connectivity index (χ0v) is 11.8. The monoisotopic (exact) mass is 348 g/mol. The van der Waals surface area contributed by atoms with Crippen LogP contribution in [0, 0.1) is 0 Å². The van der Waals surface area contributed by atoms with E-state index in [4.69, 9.17) is 0 Å². The predicted molar refractivity (Wildman–Crippen MR) is 3.43 cm³/mol. The van der Waals surface area contributed by atoms with Crippen molar-refractivity contribution in [1.29, 1.82) is 0 Å².